The zero-order valence-electron chi connectivity index (χ0n) is 13.1. The van der Waals surface area contributed by atoms with Gasteiger partial charge in [-0.15, -0.1) is 5.10 Å². The van der Waals surface area contributed by atoms with Crippen LogP contribution in [0.15, 0.2) is 64.9 Å². The number of hydrogen-bond acceptors (Lipinski definition) is 7. The van der Waals surface area contributed by atoms with Gasteiger partial charge in [-0.2, -0.15) is 9.78 Å². The molecule has 9 heteroatoms. The van der Waals surface area contributed by atoms with Crippen molar-refractivity contribution in [2.75, 3.05) is 5.43 Å². The Morgan fingerprint density at radius 1 is 1.20 bits per heavy atom. The summed E-state index contributed by atoms with van der Waals surface area (Å²) < 4.78 is 1.54. The van der Waals surface area contributed by atoms with Crippen LogP contribution < -0.4 is 5.43 Å². The summed E-state index contributed by atoms with van der Waals surface area (Å²) in [6.45, 7) is 1.43. The van der Waals surface area contributed by atoms with Crippen LogP contribution in [0.1, 0.15) is 6.92 Å². The van der Waals surface area contributed by atoms with Crippen LogP contribution in [0.2, 0.25) is 5.02 Å². The molecule has 1 N–H and O–H groups in total. The molecule has 3 aromatic rings. The molecule has 0 aliphatic heterocycles. The Balaban J connectivity index is 1.83. The van der Waals surface area contributed by atoms with Gasteiger partial charge in [-0.1, -0.05) is 35.9 Å². The molecule has 0 bridgehead atoms. The van der Waals surface area contributed by atoms with Crippen molar-refractivity contribution in [2.24, 2.45) is 5.10 Å². The van der Waals surface area contributed by atoms with Crippen LogP contribution in [-0.2, 0) is 4.79 Å². The van der Waals surface area contributed by atoms with Crippen LogP contribution in [0.5, 0.6) is 0 Å². The van der Waals surface area contributed by atoms with E-state index in [-0.39, 0.29) is 10.8 Å². The second-order valence-electron chi connectivity index (χ2n) is 4.91. The lowest BCUT2D eigenvalue weighted by atomic mass is 10.3. The van der Waals surface area contributed by atoms with E-state index in [0.717, 1.165) is 17.4 Å². The molecule has 0 aliphatic carbocycles. The number of Topliss-reactive ketones (excluding diaryl/α,β-unsaturated/α-hetero) is 1. The Morgan fingerprint density at radius 2 is 2.00 bits per heavy atom. The fourth-order valence-electron chi connectivity index (χ4n) is 1.91. The lowest BCUT2D eigenvalue weighted by Crippen LogP contribution is -2.10. The van der Waals surface area contributed by atoms with Gasteiger partial charge < -0.3 is 0 Å². The van der Waals surface area contributed by atoms with Gasteiger partial charge in [0.25, 0.3) is 0 Å². The summed E-state index contributed by atoms with van der Waals surface area (Å²) in [5.41, 5.74) is 4.29. The Labute approximate surface area is 153 Å². The topological polar surface area (TPSA) is 85.1 Å². The minimum Gasteiger partial charge on any atom is -0.292 e. The molecule has 0 radical (unpaired) electrons. The van der Waals surface area contributed by atoms with Crippen LogP contribution >= 0.6 is 23.4 Å². The molecule has 7 nitrogen and oxygen atoms in total. The predicted octanol–water partition coefficient (Wildman–Crippen LogP) is 3.42. The molecule has 0 atom stereocenters. The maximum atomic E-state index is 11.9. The highest BCUT2D eigenvalue weighted by molar-refractivity contribution is 8.15. The number of thioether (sulfide) groups is 1. The number of hydrazone groups is 1. The van der Waals surface area contributed by atoms with Gasteiger partial charge >= 0.3 is 0 Å². The third-order valence-corrected chi connectivity index (χ3v) is 4.29. The van der Waals surface area contributed by atoms with E-state index in [9.17, 15) is 4.79 Å². The van der Waals surface area contributed by atoms with Crippen molar-refractivity contribution in [1.29, 1.82) is 0 Å². The second-order valence-corrected chi connectivity index (χ2v) is 6.30. The number of nitrogens with one attached hydrogen (secondary N) is 1. The number of tetrazole rings is 1. The van der Waals surface area contributed by atoms with Crippen molar-refractivity contribution < 1.29 is 4.79 Å². The number of carbonyl (C=O) groups is 1. The minimum absolute atomic E-state index is 0.206. The first-order valence-corrected chi connectivity index (χ1v) is 8.45. The molecule has 0 spiro atoms. The highest BCUT2D eigenvalue weighted by atomic mass is 35.5. The van der Waals surface area contributed by atoms with Gasteiger partial charge in [0, 0.05) is 11.9 Å². The maximum Gasteiger partial charge on any atom is 0.220 e. The lowest BCUT2D eigenvalue weighted by molar-refractivity contribution is -0.110. The summed E-state index contributed by atoms with van der Waals surface area (Å²) in [5, 5.41) is 17.0. The molecule has 0 saturated heterocycles. The molecule has 0 unspecified atom stereocenters. The Kier molecular flexibility index (Phi) is 5.42. The molecule has 25 heavy (non-hydrogen) atoms. The van der Waals surface area contributed by atoms with Gasteiger partial charge in [0.05, 0.1) is 11.4 Å². The van der Waals surface area contributed by atoms with Crippen molar-refractivity contribution in [3.8, 4) is 5.69 Å². The maximum absolute atomic E-state index is 11.9. The van der Waals surface area contributed by atoms with Crippen molar-refractivity contribution in [3.05, 3.63) is 59.6 Å². The van der Waals surface area contributed by atoms with E-state index in [2.05, 4.69) is 26.1 Å². The van der Waals surface area contributed by atoms with Crippen LogP contribution in [0, 0.1) is 0 Å². The summed E-state index contributed by atoms with van der Waals surface area (Å²) >= 11 is 7.02. The first-order chi connectivity index (χ1) is 12.1. The van der Waals surface area contributed by atoms with E-state index in [1.165, 1.54) is 6.92 Å². The number of halogens is 1. The standard InChI is InChI=1S/C16H13ClN6OS/c1-11(24)15(19-18-13-7-5-6-12(17)10-13)25-16-20-21-22-23(16)14-8-3-2-4-9-14/h2-10,18H,1H3/b19-15-. The van der Waals surface area contributed by atoms with Crippen LogP contribution in [0.3, 0.4) is 0 Å². The van der Waals surface area contributed by atoms with Crippen molar-refractivity contribution in [3.63, 3.8) is 0 Å². The average Bonchev–Trinajstić information content (AvgIpc) is 3.07. The van der Waals surface area contributed by atoms with Gasteiger partial charge in [-0.25, -0.2) is 0 Å². The number of para-hydroxylation sites is 1. The summed E-state index contributed by atoms with van der Waals surface area (Å²) in [5.74, 6) is -0.206. The number of nitrogens with zero attached hydrogens (tertiary/aromatic N) is 5. The van der Waals surface area contributed by atoms with Crippen LogP contribution in [0.25, 0.3) is 5.69 Å². The van der Waals surface area contributed by atoms with E-state index in [4.69, 9.17) is 11.6 Å². The van der Waals surface area contributed by atoms with Crippen molar-refractivity contribution in [2.45, 2.75) is 12.1 Å². The molecule has 2 aromatic carbocycles. The number of anilines is 1. The summed E-state index contributed by atoms with van der Waals surface area (Å²) in [6.07, 6.45) is 0. The minimum atomic E-state index is -0.206. The fourth-order valence-corrected chi connectivity index (χ4v) is 2.81. The second kappa shape index (κ2) is 7.91. The van der Waals surface area contributed by atoms with E-state index in [1.807, 2.05) is 30.3 Å². The average molecular weight is 373 g/mol. The summed E-state index contributed by atoms with van der Waals surface area (Å²) in [6, 6.07) is 16.5. The smallest absolute Gasteiger partial charge is 0.220 e. The number of hydrogen-bond donors (Lipinski definition) is 1. The third kappa shape index (κ3) is 4.43. The van der Waals surface area contributed by atoms with Gasteiger partial charge in [-0.05, 0) is 52.5 Å². The summed E-state index contributed by atoms with van der Waals surface area (Å²) in [4.78, 5) is 11.9. The summed E-state index contributed by atoms with van der Waals surface area (Å²) in [7, 11) is 0. The van der Waals surface area contributed by atoms with Crippen molar-refractivity contribution in [1.82, 2.24) is 20.2 Å². The lowest BCUT2D eigenvalue weighted by Gasteiger charge is -2.06. The third-order valence-electron chi connectivity index (χ3n) is 3.04. The van der Waals surface area contributed by atoms with Gasteiger partial charge in [0.1, 0.15) is 0 Å². The molecule has 0 fully saturated rings. The SMILES string of the molecule is CC(=O)/C(=N/Nc1cccc(Cl)c1)Sc1nnnn1-c1ccccc1. The molecule has 0 aliphatic rings. The zero-order chi connectivity index (χ0) is 17.6. The van der Waals surface area contributed by atoms with Crippen LogP contribution in [0.4, 0.5) is 5.69 Å². The quantitative estimate of drug-likeness (QED) is 0.319. The largest absolute Gasteiger partial charge is 0.292 e. The Hall–Kier alpha value is -2.71. The molecule has 3 rings (SSSR count). The number of rotatable bonds is 5. The molecular weight excluding hydrogens is 360 g/mol. The molecule has 1 heterocycles. The zero-order valence-corrected chi connectivity index (χ0v) is 14.7. The highest BCUT2D eigenvalue weighted by Crippen LogP contribution is 2.21. The molecular formula is C16H13ClN6OS. The van der Waals surface area contributed by atoms with E-state index in [0.29, 0.717) is 15.9 Å². The van der Waals surface area contributed by atoms with E-state index in [1.54, 1.807) is 28.9 Å². The number of benzene rings is 2. The highest BCUT2D eigenvalue weighted by Gasteiger charge is 2.16. The van der Waals surface area contributed by atoms with Gasteiger partial charge in [0.15, 0.2) is 10.8 Å². The number of aromatic nitrogens is 4. The van der Waals surface area contributed by atoms with E-state index >= 15 is 0 Å². The number of ketones is 1. The monoisotopic (exact) mass is 372 g/mol. The Bertz CT molecular complexity index is 912. The molecule has 126 valence electrons. The first kappa shape index (κ1) is 17.1. The van der Waals surface area contributed by atoms with Gasteiger partial charge in [0.2, 0.25) is 5.16 Å². The first-order valence-electron chi connectivity index (χ1n) is 7.25. The Morgan fingerprint density at radius 3 is 2.72 bits per heavy atom. The van der Waals surface area contributed by atoms with E-state index < -0.39 is 0 Å². The molecule has 1 aromatic heterocycles. The fraction of sp³-hybridized carbons (Fsp3) is 0.0625. The van der Waals surface area contributed by atoms with Crippen LogP contribution in [-0.4, -0.2) is 31.0 Å². The number of carbonyl (C=O) groups excluding carboxylic acids is 1. The molecule has 0 saturated carbocycles. The normalized spacial score (nSPS) is 11.4. The molecule has 0 amide bonds. The van der Waals surface area contributed by atoms with Crippen molar-refractivity contribution >= 4 is 39.9 Å². The van der Waals surface area contributed by atoms with Gasteiger partial charge in [-0.3, -0.25) is 10.2 Å². The predicted molar refractivity (Wildman–Crippen MR) is 98.2 cm³/mol.